The maximum Gasteiger partial charge on any atom is 0.309 e. The first-order valence-corrected chi connectivity index (χ1v) is 32.3. The average Bonchev–Trinajstić information content (AvgIpc) is 3.44. The van der Waals surface area contributed by atoms with Crippen molar-refractivity contribution < 1.29 is 29.3 Å². The summed E-state index contributed by atoms with van der Waals surface area (Å²) in [6, 6.07) is 0. The van der Waals surface area contributed by atoms with E-state index in [0.29, 0.717) is 6.42 Å². The normalized spacial score (nSPS) is 15.3. The zero-order valence-corrected chi connectivity index (χ0v) is 47.8. The van der Waals surface area contributed by atoms with Crippen molar-refractivity contribution in [3.8, 4) is 0 Å². The third-order valence-corrected chi connectivity index (χ3v) is 16.0. The molecule has 1 saturated heterocycles. The summed E-state index contributed by atoms with van der Waals surface area (Å²) in [4.78, 5) is 24.7. The van der Waals surface area contributed by atoms with Crippen LogP contribution in [0.2, 0.25) is 0 Å². The van der Waals surface area contributed by atoms with Gasteiger partial charge in [-0.05, 0) is 32.1 Å². The quantitative estimate of drug-likeness (QED) is 0.0358. The lowest BCUT2D eigenvalue weighted by Gasteiger charge is -2.27. The van der Waals surface area contributed by atoms with Crippen LogP contribution in [-0.4, -0.2) is 48.6 Å². The predicted octanol–water partition coefficient (Wildman–Crippen LogP) is 20.3. The smallest absolute Gasteiger partial charge is 0.309 e. The lowest BCUT2D eigenvalue weighted by molar-refractivity contribution is -0.155. The molecule has 1 aliphatic rings. The molecule has 0 amide bonds. The number of ether oxygens (including phenoxy) is 2. The van der Waals surface area contributed by atoms with Crippen molar-refractivity contribution in [1.29, 1.82) is 0 Å². The fraction of sp³-hybridized carbons (Fsp3) is 0.938. The minimum absolute atomic E-state index is 0.00376. The Kier molecular flexibility index (Phi) is 52.2. The van der Waals surface area contributed by atoms with E-state index in [1.165, 1.54) is 315 Å². The molecule has 1 unspecified atom stereocenters. The molecular formula is C65H124O6. The summed E-state index contributed by atoms with van der Waals surface area (Å²) in [5.41, 5.74) is -1.12. The van der Waals surface area contributed by atoms with Crippen molar-refractivity contribution >= 4 is 11.9 Å². The Morgan fingerprint density at radius 3 is 0.873 bits per heavy atom. The molecule has 0 aromatic carbocycles. The van der Waals surface area contributed by atoms with Gasteiger partial charge in [-0.3, -0.25) is 9.59 Å². The van der Waals surface area contributed by atoms with E-state index in [-0.39, 0.29) is 19.6 Å². The Bertz CT molecular complexity index is 1120. The first kappa shape index (κ1) is 67.6. The van der Waals surface area contributed by atoms with Crippen LogP contribution in [0, 0.1) is 11.3 Å². The first-order chi connectivity index (χ1) is 35.1. The molecule has 1 fully saturated rings. The number of carbonyl (C=O) groups excluding carboxylic acids is 2. The van der Waals surface area contributed by atoms with Gasteiger partial charge in [0.15, 0.2) is 0 Å². The number of allylic oxidation sites excluding steroid dienone is 2. The Morgan fingerprint density at radius 1 is 0.366 bits per heavy atom. The molecule has 0 spiro atoms. The predicted molar refractivity (Wildman–Crippen MR) is 306 cm³/mol. The Hall–Kier alpha value is -1.40. The average molecular weight is 1000 g/mol. The van der Waals surface area contributed by atoms with Crippen LogP contribution in [0.15, 0.2) is 12.2 Å². The summed E-state index contributed by atoms with van der Waals surface area (Å²) in [5.74, 6) is -1.40. The SMILES string of the molecule is CCCCCCCCCCCCCCCCCCCCCCCCCCCCCCCCCC/C=C/CCCCCCCCCCCCCCCCCCCCC1CC(=O)OCC(CO)(CO)COC1=O. The van der Waals surface area contributed by atoms with E-state index in [1.807, 2.05) is 0 Å². The summed E-state index contributed by atoms with van der Waals surface area (Å²) in [6.07, 6.45) is 78.7. The molecule has 1 aliphatic heterocycles. The molecule has 71 heavy (non-hydrogen) atoms. The van der Waals surface area contributed by atoms with E-state index in [9.17, 15) is 19.8 Å². The zero-order chi connectivity index (χ0) is 51.1. The van der Waals surface area contributed by atoms with Gasteiger partial charge in [-0.15, -0.1) is 0 Å². The number of hydrogen-bond acceptors (Lipinski definition) is 6. The highest BCUT2D eigenvalue weighted by Gasteiger charge is 2.36. The number of aliphatic hydroxyl groups is 2. The van der Waals surface area contributed by atoms with Crippen LogP contribution in [-0.2, 0) is 19.1 Å². The van der Waals surface area contributed by atoms with Crippen LogP contribution in [0.25, 0.3) is 0 Å². The third kappa shape index (κ3) is 46.8. The molecule has 1 atom stereocenters. The molecular weight excluding hydrogens is 877 g/mol. The summed E-state index contributed by atoms with van der Waals surface area (Å²) in [6.45, 7) is 1.21. The minimum Gasteiger partial charge on any atom is -0.465 e. The molecule has 0 radical (unpaired) electrons. The number of cyclic esters (lactones) is 2. The third-order valence-electron chi connectivity index (χ3n) is 16.0. The minimum atomic E-state index is -1.12. The Morgan fingerprint density at radius 2 is 0.606 bits per heavy atom. The molecule has 0 bridgehead atoms. The summed E-state index contributed by atoms with van der Waals surface area (Å²) < 4.78 is 10.6. The van der Waals surface area contributed by atoms with Crippen LogP contribution >= 0.6 is 0 Å². The largest absolute Gasteiger partial charge is 0.465 e. The van der Waals surface area contributed by atoms with E-state index < -0.39 is 36.5 Å². The van der Waals surface area contributed by atoms with Crippen LogP contribution < -0.4 is 0 Å². The standard InChI is InChI=1S/C65H124O6/c1-2-3-4-5-6-7-8-9-10-11-12-13-14-15-16-17-18-19-20-21-22-23-24-25-26-27-28-29-30-31-32-33-34-35-36-37-38-39-40-41-42-43-44-45-46-47-48-49-50-51-52-53-54-55-56-62-57-63(68)70-60-65(58-66,59-67)61-71-64(62)69/h35-36,62,66-67H,2-34,37-61H2,1H3/b36-35+. The molecule has 6 nitrogen and oxygen atoms in total. The second kappa shape index (κ2) is 54.8. The van der Waals surface area contributed by atoms with Gasteiger partial charge in [0, 0.05) is 0 Å². The zero-order valence-electron chi connectivity index (χ0n) is 47.8. The van der Waals surface area contributed by atoms with E-state index in [1.54, 1.807) is 0 Å². The maximum absolute atomic E-state index is 12.5. The molecule has 0 aromatic rings. The number of rotatable bonds is 56. The maximum atomic E-state index is 12.5. The molecule has 0 saturated carbocycles. The molecule has 0 aliphatic carbocycles. The monoisotopic (exact) mass is 1000 g/mol. The second-order valence-electron chi connectivity index (χ2n) is 23.1. The van der Waals surface area contributed by atoms with Crippen molar-refractivity contribution in [1.82, 2.24) is 0 Å². The highest BCUT2D eigenvalue weighted by atomic mass is 16.6. The van der Waals surface area contributed by atoms with Gasteiger partial charge in [0.25, 0.3) is 0 Å². The van der Waals surface area contributed by atoms with Crippen LogP contribution in [0.4, 0.5) is 0 Å². The summed E-state index contributed by atoms with van der Waals surface area (Å²) >= 11 is 0. The fourth-order valence-corrected chi connectivity index (χ4v) is 10.8. The van der Waals surface area contributed by atoms with Crippen molar-refractivity contribution in [2.45, 2.75) is 354 Å². The fourth-order valence-electron chi connectivity index (χ4n) is 10.8. The van der Waals surface area contributed by atoms with E-state index in [0.717, 1.165) is 19.3 Å². The number of unbranched alkanes of at least 4 members (excludes halogenated alkanes) is 50. The highest BCUT2D eigenvalue weighted by Crippen LogP contribution is 2.25. The van der Waals surface area contributed by atoms with Gasteiger partial charge in [0.05, 0.1) is 31.0 Å². The van der Waals surface area contributed by atoms with Crippen molar-refractivity contribution in [3.63, 3.8) is 0 Å². The lowest BCUT2D eigenvalue weighted by atomic mass is 9.92. The molecule has 420 valence electrons. The van der Waals surface area contributed by atoms with Crippen LogP contribution in [0.1, 0.15) is 354 Å². The van der Waals surface area contributed by atoms with Gasteiger partial charge in [-0.1, -0.05) is 327 Å². The van der Waals surface area contributed by atoms with Gasteiger partial charge in [-0.25, -0.2) is 0 Å². The Labute approximate surface area is 443 Å². The van der Waals surface area contributed by atoms with E-state index in [2.05, 4.69) is 19.1 Å². The number of esters is 2. The molecule has 0 aromatic heterocycles. The van der Waals surface area contributed by atoms with Crippen molar-refractivity contribution in [2.75, 3.05) is 26.4 Å². The highest BCUT2D eigenvalue weighted by molar-refractivity contribution is 5.80. The summed E-state index contributed by atoms with van der Waals surface area (Å²) in [5, 5.41) is 19.2. The van der Waals surface area contributed by atoms with Crippen molar-refractivity contribution in [2.24, 2.45) is 11.3 Å². The number of aliphatic hydroxyl groups excluding tert-OH is 2. The molecule has 6 heteroatoms. The summed E-state index contributed by atoms with van der Waals surface area (Å²) in [7, 11) is 0. The van der Waals surface area contributed by atoms with E-state index >= 15 is 0 Å². The Balaban J connectivity index is 1.68. The molecule has 1 heterocycles. The van der Waals surface area contributed by atoms with Crippen LogP contribution in [0.5, 0.6) is 0 Å². The number of carbonyl (C=O) groups is 2. The lowest BCUT2D eigenvalue weighted by Crippen LogP contribution is -2.40. The van der Waals surface area contributed by atoms with Gasteiger partial charge < -0.3 is 19.7 Å². The van der Waals surface area contributed by atoms with Crippen LogP contribution in [0.3, 0.4) is 0 Å². The topological polar surface area (TPSA) is 93.1 Å². The second-order valence-corrected chi connectivity index (χ2v) is 23.1. The van der Waals surface area contributed by atoms with Gasteiger partial charge >= 0.3 is 11.9 Å². The first-order valence-electron chi connectivity index (χ1n) is 32.3. The van der Waals surface area contributed by atoms with Gasteiger partial charge in [-0.2, -0.15) is 0 Å². The van der Waals surface area contributed by atoms with Gasteiger partial charge in [0.2, 0.25) is 0 Å². The molecule has 1 rings (SSSR count). The number of hydrogen-bond donors (Lipinski definition) is 2. The molecule has 2 N–H and O–H groups in total. The van der Waals surface area contributed by atoms with E-state index in [4.69, 9.17) is 9.47 Å². The van der Waals surface area contributed by atoms with Gasteiger partial charge in [0.1, 0.15) is 13.2 Å². The van der Waals surface area contributed by atoms with Crippen molar-refractivity contribution in [3.05, 3.63) is 12.2 Å².